The van der Waals surface area contributed by atoms with Crippen molar-refractivity contribution >= 4 is 33.1 Å². The number of hydrogen-bond donors (Lipinski definition) is 1. The smallest absolute Gasteiger partial charge is 1.00 e. The van der Waals surface area contributed by atoms with E-state index in [0.29, 0.717) is 18.9 Å². The summed E-state index contributed by atoms with van der Waals surface area (Å²) in [5.41, 5.74) is 15.6. The molecule has 0 aliphatic heterocycles. The van der Waals surface area contributed by atoms with Gasteiger partial charge in [0.15, 0.2) is 0 Å². The molecule has 1 atom stereocenters. The topological polar surface area (TPSA) is 136 Å². The molecule has 0 unspecified atom stereocenters. The first-order valence-corrected chi connectivity index (χ1v) is 8.25. The van der Waals surface area contributed by atoms with Gasteiger partial charge in [-0.25, -0.2) is 4.79 Å². The number of hydrogen-bond acceptors (Lipinski definition) is 4. The zero-order chi connectivity index (χ0) is 19.0. The summed E-state index contributed by atoms with van der Waals surface area (Å²) in [6.45, 7) is 12.4. The van der Waals surface area contributed by atoms with E-state index in [0.717, 1.165) is 12.8 Å². The van der Waals surface area contributed by atoms with Gasteiger partial charge in [0.1, 0.15) is 5.60 Å². The predicted octanol–water partition coefficient (Wildman–Crippen LogP) is 2.68. The number of nitrogens with one attached hydrogen (secondary N) is 1. The van der Waals surface area contributed by atoms with E-state index >= 15 is 0 Å². The van der Waals surface area contributed by atoms with E-state index in [2.05, 4.69) is 39.2 Å². The third kappa shape index (κ3) is 27.9. The molecule has 0 aromatic rings. The van der Waals surface area contributed by atoms with Gasteiger partial charge in [-0.15, -0.1) is 0 Å². The summed E-state index contributed by atoms with van der Waals surface area (Å²) in [5, 5.41) is 9.53. The third-order valence-electron chi connectivity index (χ3n) is 3.14. The number of nitrogens with zero attached hydrogens (tertiary/aromatic N) is 6. The fourth-order valence-electron chi connectivity index (χ4n) is 1.58. The first-order valence-electron chi connectivity index (χ1n) is 8.25. The van der Waals surface area contributed by atoms with Crippen LogP contribution in [-0.4, -0.2) is 30.8 Å². The molecule has 12 heteroatoms. The molecule has 0 saturated heterocycles. The maximum absolute atomic E-state index is 11.3. The molecule has 0 saturated carbocycles. The first-order chi connectivity index (χ1) is 11.2. The molecule has 0 radical (unpaired) electrons. The molecule has 0 rings (SSSR count). The second-order valence-corrected chi connectivity index (χ2v) is 6.26. The van der Waals surface area contributed by atoms with Gasteiger partial charge in [-0.3, -0.25) is 0 Å². The van der Waals surface area contributed by atoms with Crippen LogP contribution in [-0.2, 0) is 4.74 Å². The largest absolute Gasteiger partial charge is 1.00 e. The molecule has 156 valence electrons. The van der Waals surface area contributed by atoms with Crippen LogP contribution in [0.3, 0.4) is 0 Å². The first kappa shape index (κ1) is 37.4. The van der Waals surface area contributed by atoms with E-state index in [1.165, 1.54) is 0 Å². The van der Waals surface area contributed by atoms with E-state index in [-0.39, 0.29) is 70.6 Å². The SMILES string of the molecule is CCC(CC)CN=[N+]=[N-].CC[C@H](CN=[N+]=[N-])NC(=O)OC(C)(C)C.S.S.[H-].[Na+]. The van der Waals surface area contributed by atoms with Crippen LogP contribution >= 0.6 is 27.0 Å². The second kappa shape index (κ2) is 23.6. The van der Waals surface area contributed by atoms with Crippen molar-refractivity contribution in [3.63, 3.8) is 0 Å². The quantitative estimate of drug-likeness (QED) is 0.272. The zero-order valence-electron chi connectivity index (χ0n) is 18.7. The molecule has 0 aromatic heterocycles. The summed E-state index contributed by atoms with van der Waals surface area (Å²) in [5.74, 6) is 0.584. The number of alkyl carbamates (subject to hydrolysis) is 1. The Morgan fingerprint density at radius 2 is 1.48 bits per heavy atom. The Morgan fingerprint density at radius 3 is 1.81 bits per heavy atom. The monoisotopic (exact) mass is 433 g/mol. The van der Waals surface area contributed by atoms with Crippen LogP contribution in [0, 0.1) is 5.92 Å². The van der Waals surface area contributed by atoms with Crippen molar-refractivity contribution in [1.82, 2.24) is 5.32 Å². The van der Waals surface area contributed by atoms with Crippen molar-refractivity contribution < 1.29 is 40.5 Å². The van der Waals surface area contributed by atoms with Gasteiger partial charge in [-0.2, -0.15) is 27.0 Å². The molecule has 27 heavy (non-hydrogen) atoms. The molecule has 1 amide bonds. The Hall–Kier alpha value is -0.410. The Bertz CT molecular complexity index is 454. The summed E-state index contributed by atoms with van der Waals surface area (Å²) in [6, 6.07) is -0.171. The van der Waals surface area contributed by atoms with Crippen molar-refractivity contribution in [3.05, 3.63) is 20.9 Å². The number of carbonyl (C=O) groups is 1. The van der Waals surface area contributed by atoms with Crippen molar-refractivity contribution in [2.45, 2.75) is 72.4 Å². The minimum atomic E-state index is -0.513. The molecule has 9 nitrogen and oxygen atoms in total. The zero-order valence-corrected chi connectivity index (χ0v) is 21.7. The minimum Gasteiger partial charge on any atom is -1.00 e. The summed E-state index contributed by atoms with van der Waals surface area (Å²) in [4.78, 5) is 16.7. The van der Waals surface area contributed by atoms with Gasteiger partial charge >= 0.3 is 35.7 Å². The van der Waals surface area contributed by atoms with Gasteiger partial charge in [-0.1, -0.05) is 43.8 Å². The number of azide groups is 2. The second-order valence-electron chi connectivity index (χ2n) is 6.26. The number of carbonyl (C=O) groups excluding carboxylic acids is 1. The third-order valence-corrected chi connectivity index (χ3v) is 3.14. The fourth-order valence-corrected chi connectivity index (χ4v) is 1.58. The molecular formula is C15H36N7NaO2S2. The molecular weight excluding hydrogens is 397 g/mol. The molecule has 1 N–H and O–H groups in total. The van der Waals surface area contributed by atoms with E-state index in [9.17, 15) is 4.79 Å². The molecule has 0 fully saturated rings. The number of ether oxygens (including phenoxy) is 1. The fraction of sp³-hybridized carbons (Fsp3) is 0.933. The van der Waals surface area contributed by atoms with Gasteiger partial charge in [0.05, 0.1) is 0 Å². The van der Waals surface area contributed by atoms with Gasteiger partial charge in [-0.05, 0) is 44.2 Å². The Kier molecular flexibility index (Phi) is 32.7. The van der Waals surface area contributed by atoms with E-state index in [1.54, 1.807) is 20.8 Å². The van der Waals surface area contributed by atoms with Crippen LogP contribution < -0.4 is 34.9 Å². The van der Waals surface area contributed by atoms with Crippen LogP contribution in [0.2, 0.25) is 0 Å². The number of amides is 1. The summed E-state index contributed by atoms with van der Waals surface area (Å²) in [6.07, 6.45) is 2.42. The van der Waals surface area contributed by atoms with Crippen LogP contribution in [0.5, 0.6) is 0 Å². The summed E-state index contributed by atoms with van der Waals surface area (Å²) < 4.78 is 5.07. The van der Waals surface area contributed by atoms with Crippen molar-refractivity contribution in [2.75, 3.05) is 13.1 Å². The minimum absolute atomic E-state index is 0. The van der Waals surface area contributed by atoms with Crippen LogP contribution in [0.4, 0.5) is 4.79 Å². The number of rotatable bonds is 8. The van der Waals surface area contributed by atoms with Crippen LogP contribution in [0.15, 0.2) is 10.2 Å². The summed E-state index contributed by atoms with van der Waals surface area (Å²) >= 11 is 0. The van der Waals surface area contributed by atoms with Gasteiger partial charge in [0.25, 0.3) is 0 Å². The molecule has 0 aromatic carbocycles. The van der Waals surface area contributed by atoms with Crippen molar-refractivity contribution in [2.24, 2.45) is 16.1 Å². The normalized spacial score (nSPS) is 10.0. The van der Waals surface area contributed by atoms with Crippen molar-refractivity contribution in [3.8, 4) is 0 Å². The Morgan fingerprint density at radius 1 is 1.04 bits per heavy atom. The maximum atomic E-state index is 11.3. The van der Waals surface area contributed by atoms with E-state index in [1.807, 2.05) is 6.92 Å². The van der Waals surface area contributed by atoms with Gasteiger partial charge in [0, 0.05) is 29.0 Å². The van der Waals surface area contributed by atoms with E-state index in [4.69, 9.17) is 15.8 Å². The van der Waals surface area contributed by atoms with Crippen LogP contribution in [0.25, 0.3) is 20.9 Å². The molecule has 0 aliphatic rings. The molecule has 0 spiro atoms. The summed E-state index contributed by atoms with van der Waals surface area (Å²) in [7, 11) is 0. The molecule has 0 bridgehead atoms. The van der Waals surface area contributed by atoms with E-state index < -0.39 is 11.7 Å². The maximum Gasteiger partial charge on any atom is 1.00 e. The Balaban J connectivity index is -0.0000000824. The average molecular weight is 434 g/mol. The molecule has 0 heterocycles. The average Bonchev–Trinajstić information content (AvgIpc) is 2.51. The predicted molar refractivity (Wildman–Crippen MR) is 117 cm³/mol. The van der Waals surface area contributed by atoms with Gasteiger partial charge in [0.2, 0.25) is 0 Å². The van der Waals surface area contributed by atoms with Crippen molar-refractivity contribution in [1.29, 1.82) is 0 Å². The van der Waals surface area contributed by atoms with Gasteiger partial charge < -0.3 is 11.5 Å². The van der Waals surface area contributed by atoms with Crippen LogP contribution in [0.1, 0.15) is 62.2 Å². The molecule has 0 aliphatic carbocycles. The standard InChI is InChI=1S/C9H18N4O2.C6H13N3.Na.2H2S.H/c1-5-7(6-11-13-10)12-8(14)15-9(2,3)4;1-3-6(4-2)5-8-9-7;;;;/h7H,5-6H2,1-4H3,(H,12,14);6H,3-5H2,1-2H3;;2*1H2;/q;;+1;;;-1/t7-;;;;;/m1...../s1. The Labute approximate surface area is 200 Å².